The SMILES string of the molecule is CCOC(C)(C)C(=O)NCc1csc(N)n1. The Morgan fingerprint density at radius 2 is 2.38 bits per heavy atom. The Labute approximate surface area is 99.0 Å². The van der Waals surface area contributed by atoms with E-state index in [1.807, 2.05) is 12.3 Å². The van der Waals surface area contributed by atoms with Gasteiger partial charge in [-0.1, -0.05) is 0 Å². The van der Waals surface area contributed by atoms with E-state index in [0.717, 1.165) is 5.69 Å². The highest BCUT2D eigenvalue weighted by Gasteiger charge is 2.27. The first-order chi connectivity index (χ1) is 7.45. The van der Waals surface area contributed by atoms with Crippen LogP contribution >= 0.6 is 11.3 Å². The van der Waals surface area contributed by atoms with Crippen LogP contribution in [0.5, 0.6) is 0 Å². The molecule has 90 valence electrons. The van der Waals surface area contributed by atoms with Crippen LogP contribution in [0.4, 0.5) is 5.13 Å². The summed E-state index contributed by atoms with van der Waals surface area (Å²) in [5.74, 6) is -0.152. The van der Waals surface area contributed by atoms with E-state index in [-0.39, 0.29) is 5.91 Å². The third-order valence-electron chi connectivity index (χ3n) is 2.05. The fourth-order valence-electron chi connectivity index (χ4n) is 1.21. The number of anilines is 1. The molecule has 1 rings (SSSR count). The molecule has 0 aliphatic heterocycles. The topological polar surface area (TPSA) is 77.2 Å². The van der Waals surface area contributed by atoms with Gasteiger partial charge in [-0.2, -0.15) is 0 Å². The van der Waals surface area contributed by atoms with Crippen molar-refractivity contribution in [2.24, 2.45) is 0 Å². The first kappa shape index (κ1) is 12.9. The molecule has 1 heterocycles. The van der Waals surface area contributed by atoms with Crippen LogP contribution in [0, 0.1) is 0 Å². The van der Waals surface area contributed by atoms with Crippen molar-refractivity contribution in [1.29, 1.82) is 0 Å². The number of nitrogens with two attached hydrogens (primary N) is 1. The molecule has 5 nitrogen and oxygen atoms in total. The van der Waals surface area contributed by atoms with E-state index in [9.17, 15) is 4.79 Å². The maximum atomic E-state index is 11.7. The highest BCUT2D eigenvalue weighted by Crippen LogP contribution is 2.12. The van der Waals surface area contributed by atoms with E-state index in [2.05, 4.69) is 10.3 Å². The van der Waals surface area contributed by atoms with Crippen molar-refractivity contribution in [2.75, 3.05) is 12.3 Å². The van der Waals surface area contributed by atoms with Crippen LogP contribution in [0.1, 0.15) is 26.5 Å². The van der Waals surface area contributed by atoms with Gasteiger partial charge in [0.1, 0.15) is 5.60 Å². The maximum absolute atomic E-state index is 11.7. The zero-order valence-corrected chi connectivity index (χ0v) is 10.6. The molecular formula is C10H17N3O2S. The monoisotopic (exact) mass is 243 g/mol. The number of nitrogen functional groups attached to an aromatic ring is 1. The number of carbonyl (C=O) groups is 1. The van der Waals surface area contributed by atoms with Crippen LogP contribution < -0.4 is 11.1 Å². The Morgan fingerprint density at radius 3 is 2.88 bits per heavy atom. The second kappa shape index (κ2) is 5.27. The van der Waals surface area contributed by atoms with Gasteiger partial charge in [0.05, 0.1) is 12.2 Å². The summed E-state index contributed by atoms with van der Waals surface area (Å²) in [6, 6.07) is 0. The number of nitrogens with one attached hydrogen (secondary N) is 1. The van der Waals surface area contributed by atoms with Gasteiger partial charge in [-0.3, -0.25) is 4.79 Å². The summed E-state index contributed by atoms with van der Waals surface area (Å²) in [5.41, 5.74) is 5.45. The van der Waals surface area contributed by atoms with Crippen LogP contribution in [0.25, 0.3) is 0 Å². The van der Waals surface area contributed by atoms with Gasteiger partial charge >= 0.3 is 0 Å². The molecule has 1 amide bonds. The fourth-order valence-corrected chi connectivity index (χ4v) is 1.78. The van der Waals surface area contributed by atoms with Crippen molar-refractivity contribution in [1.82, 2.24) is 10.3 Å². The molecule has 0 atom stereocenters. The van der Waals surface area contributed by atoms with Crippen molar-refractivity contribution >= 4 is 22.4 Å². The first-order valence-corrected chi connectivity index (χ1v) is 5.96. The zero-order valence-electron chi connectivity index (χ0n) is 9.74. The Hall–Kier alpha value is -1.14. The van der Waals surface area contributed by atoms with E-state index in [1.165, 1.54) is 11.3 Å². The molecule has 0 fully saturated rings. The lowest BCUT2D eigenvalue weighted by molar-refractivity contribution is -0.142. The van der Waals surface area contributed by atoms with Crippen molar-refractivity contribution < 1.29 is 9.53 Å². The number of hydrogen-bond acceptors (Lipinski definition) is 5. The van der Waals surface area contributed by atoms with Crippen LogP contribution in [0.2, 0.25) is 0 Å². The normalized spacial score (nSPS) is 11.4. The molecule has 3 N–H and O–H groups in total. The molecule has 0 unspecified atom stereocenters. The Bertz CT molecular complexity index is 363. The molecule has 6 heteroatoms. The van der Waals surface area contributed by atoms with E-state index < -0.39 is 5.60 Å². The third kappa shape index (κ3) is 3.46. The van der Waals surface area contributed by atoms with Gasteiger partial charge in [0.15, 0.2) is 5.13 Å². The average molecular weight is 243 g/mol. The van der Waals surface area contributed by atoms with Crippen LogP contribution in [0.15, 0.2) is 5.38 Å². The number of nitrogens with zero attached hydrogens (tertiary/aromatic N) is 1. The predicted octanol–water partition coefficient (Wildman–Crippen LogP) is 1.16. The smallest absolute Gasteiger partial charge is 0.251 e. The molecule has 0 bridgehead atoms. The summed E-state index contributed by atoms with van der Waals surface area (Å²) in [6.45, 7) is 6.21. The molecule has 0 radical (unpaired) electrons. The van der Waals surface area contributed by atoms with Crippen LogP contribution in [0.3, 0.4) is 0 Å². The maximum Gasteiger partial charge on any atom is 0.251 e. The van der Waals surface area contributed by atoms with E-state index >= 15 is 0 Å². The Balaban J connectivity index is 2.46. The molecule has 0 spiro atoms. The highest BCUT2D eigenvalue weighted by molar-refractivity contribution is 7.13. The number of carbonyl (C=O) groups excluding carboxylic acids is 1. The summed E-state index contributed by atoms with van der Waals surface area (Å²) in [4.78, 5) is 15.8. The molecule has 1 aromatic heterocycles. The number of ether oxygens (including phenoxy) is 1. The lowest BCUT2D eigenvalue weighted by Gasteiger charge is -2.23. The van der Waals surface area contributed by atoms with Crippen molar-refractivity contribution in [3.8, 4) is 0 Å². The second-order valence-electron chi connectivity index (χ2n) is 3.80. The van der Waals surface area contributed by atoms with Crippen molar-refractivity contribution in [2.45, 2.75) is 32.9 Å². The van der Waals surface area contributed by atoms with E-state index in [1.54, 1.807) is 13.8 Å². The van der Waals surface area contributed by atoms with Gasteiger partial charge in [0.2, 0.25) is 0 Å². The molecule has 0 aliphatic rings. The molecule has 0 saturated heterocycles. The number of hydrogen-bond donors (Lipinski definition) is 2. The standard InChI is InChI=1S/C10H17N3O2S/c1-4-15-10(2,3)8(14)12-5-7-6-16-9(11)13-7/h6H,4-5H2,1-3H3,(H2,11,13)(H,12,14). The Kier molecular flexibility index (Phi) is 4.26. The lowest BCUT2D eigenvalue weighted by atomic mass is 10.1. The quantitative estimate of drug-likeness (QED) is 0.813. The van der Waals surface area contributed by atoms with Gasteiger partial charge in [-0.25, -0.2) is 4.98 Å². The number of amides is 1. The summed E-state index contributed by atoms with van der Waals surface area (Å²) in [7, 11) is 0. The lowest BCUT2D eigenvalue weighted by Crippen LogP contribution is -2.44. The van der Waals surface area contributed by atoms with Crippen LogP contribution in [-0.2, 0) is 16.1 Å². The molecule has 0 aromatic carbocycles. The number of rotatable bonds is 5. The first-order valence-electron chi connectivity index (χ1n) is 5.08. The van der Waals surface area contributed by atoms with Gasteiger partial charge in [-0.05, 0) is 20.8 Å². The minimum atomic E-state index is -0.809. The molecular weight excluding hydrogens is 226 g/mol. The van der Waals surface area contributed by atoms with Gasteiger partial charge in [0, 0.05) is 12.0 Å². The van der Waals surface area contributed by atoms with Crippen molar-refractivity contribution in [3.05, 3.63) is 11.1 Å². The van der Waals surface area contributed by atoms with Gasteiger partial charge in [-0.15, -0.1) is 11.3 Å². The predicted molar refractivity (Wildman–Crippen MR) is 64.1 cm³/mol. The van der Waals surface area contributed by atoms with Crippen LogP contribution in [-0.4, -0.2) is 23.1 Å². The number of aromatic nitrogens is 1. The molecule has 0 saturated carbocycles. The largest absolute Gasteiger partial charge is 0.375 e. The summed E-state index contributed by atoms with van der Waals surface area (Å²) < 4.78 is 5.33. The second-order valence-corrected chi connectivity index (χ2v) is 4.69. The molecule has 16 heavy (non-hydrogen) atoms. The van der Waals surface area contributed by atoms with E-state index in [0.29, 0.717) is 18.3 Å². The Morgan fingerprint density at radius 1 is 1.69 bits per heavy atom. The average Bonchev–Trinajstić information content (AvgIpc) is 2.60. The van der Waals surface area contributed by atoms with Gasteiger partial charge < -0.3 is 15.8 Å². The summed E-state index contributed by atoms with van der Waals surface area (Å²) in [6.07, 6.45) is 0. The van der Waals surface area contributed by atoms with Gasteiger partial charge in [0.25, 0.3) is 5.91 Å². The zero-order chi connectivity index (χ0) is 12.2. The summed E-state index contributed by atoms with van der Waals surface area (Å²) in [5, 5.41) is 5.09. The third-order valence-corrected chi connectivity index (χ3v) is 2.77. The van der Waals surface area contributed by atoms with Crippen molar-refractivity contribution in [3.63, 3.8) is 0 Å². The fraction of sp³-hybridized carbons (Fsp3) is 0.600. The van der Waals surface area contributed by atoms with E-state index in [4.69, 9.17) is 10.5 Å². The minimum Gasteiger partial charge on any atom is -0.375 e. The minimum absolute atomic E-state index is 0.152. The molecule has 0 aliphatic carbocycles. The summed E-state index contributed by atoms with van der Waals surface area (Å²) >= 11 is 1.36. The molecule has 1 aromatic rings. The number of thiazole rings is 1. The highest BCUT2D eigenvalue weighted by atomic mass is 32.1.